The van der Waals surface area contributed by atoms with E-state index in [0.717, 1.165) is 15.6 Å². The molecule has 2 rings (SSSR count). The van der Waals surface area contributed by atoms with Gasteiger partial charge in [-0.05, 0) is 30.0 Å². The first-order chi connectivity index (χ1) is 8.91. The Morgan fingerprint density at radius 2 is 2.11 bits per heavy atom. The fraction of sp³-hybridized carbons (Fsp3) is 0.333. The van der Waals surface area contributed by atoms with E-state index < -0.39 is 0 Å². The summed E-state index contributed by atoms with van der Waals surface area (Å²) in [6.07, 6.45) is 1.94. The van der Waals surface area contributed by atoms with Crippen molar-refractivity contribution in [2.24, 2.45) is 0 Å². The molecule has 19 heavy (non-hydrogen) atoms. The molecular weight excluding hydrogens is 272 g/mol. The Morgan fingerprint density at radius 1 is 1.37 bits per heavy atom. The van der Waals surface area contributed by atoms with Crippen molar-refractivity contribution in [1.82, 2.24) is 4.98 Å². The van der Waals surface area contributed by atoms with Gasteiger partial charge in [0.2, 0.25) is 0 Å². The lowest BCUT2D eigenvalue weighted by atomic mass is 9.93. The Balaban J connectivity index is 2.39. The number of thiazole rings is 1. The van der Waals surface area contributed by atoms with Gasteiger partial charge in [0.25, 0.3) is 0 Å². The number of nitrogens with zero attached hydrogens (tertiary/aromatic N) is 2. The highest BCUT2D eigenvalue weighted by Crippen LogP contribution is 2.29. The third-order valence-corrected chi connectivity index (χ3v) is 4.64. The highest BCUT2D eigenvalue weighted by molar-refractivity contribution is 7.12. The zero-order valence-corrected chi connectivity index (χ0v) is 13.2. The first kappa shape index (κ1) is 14.0. The van der Waals surface area contributed by atoms with E-state index in [-0.39, 0.29) is 5.41 Å². The molecule has 2 aromatic rings. The molecule has 0 amide bonds. The number of hydrogen-bond donors (Lipinski definition) is 0. The second-order valence-electron chi connectivity index (χ2n) is 5.43. The summed E-state index contributed by atoms with van der Waals surface area (Å²) in [5.74, 6) is 0. The average Bonchev–Trinajstić information content (AvgIpc) is 2.94. The molecular formula is C15H16N2S2. The van der Waals surface area contributed by atoms with E-state index in [9.17, 15) is 5.26 Å². The van der Waals surface area contributed by atoms with E-state index in [4.69, 9.17) is 0 Å². The molecule has 0 N–H and O–H groups in total. The summed E-state index contributed by atoms with van der Waals surface area (Å²) < 4.78 is 0. The van der Waals surface area contributed by atoms with Gasteiger partial charge in [0.05, 0.1) is 11.3 Å². The number of nitriles is 1. The maximum atomic E-state index is 9.33. The standard InChI is InChI=1S/C15H16N2S2/c1-10-5-6-18-12(10)7-11(8-16)14-17-13(9-19-14)15(2,3)4/h5-7,9H,1-4H3/b11-7+. The van der Waals surface area contributed by atoms with Crippen molar-refractivity contribution in [1.29, 1.82) is 5.26 Å². The van der Waals surface area contributed by atoms with Gasteiger partial charge in [0.15, 0.2) is 0 Å². The van der Waals surface area contributed by atoms with Crippen LogP contribution in [0.5, 0.6) is 0 Å². The van der Waals surface area contributed by atoms with Gasteiger partial charge in [-0.1, -0.05) is 20.8 Å². The van der Waals surface area contributed by atoms with Crippen LogP contribution in [0.1, 0.15) is 41.9 Å². The van der Waals surface area contributed by atoms with Crippen LogP contribution >= 0.6 is 22.7 Å². The molecule has 0 saturated heterocycles. The van der Waals surface area contributed by atoms with Crippen molar-refractivity contribution in [3.63, 3.8) is 0 Å². The van der Waals surface area contributed by atoms with Crippen molar-refractivity contribution in [3.8, 4) is 6.07 Å². The Bertz CT molecular complexity index is 648. The Morgan fingerprint density at radius 3 is 2.58 bits per heavy atom. The molecule has 0 aliphatic heterocycles. The van der Waals surface area contributed by atoms with Crippen molar-refractivity contribution < 1.29 is 0 Å². The number of thiophene rings is 1. The quantitative estimate of drug-likeness (QED) is 0.739. The van der Waals surface area contributed by atoms with E-state index in [1.807, 2.05) is 16.8 Å². The van der Waals surface area contributed by atoms with Gasteiger partial charge in [-0.25, -0.2) is 4.98 Å². The molecule has 98 valence electrons. The lowest BCUT2D eigenvalue weighted by molar-refractivity contribution is 0.572. The Hall–Kier alpha value is -1.44. The summed E-state index contributed by atoms with van der Waals surface area (Å²) >= 11 is 3.19. The molecule has 0 aliphatic carbocycles. The number of allylic oxidation sites excluding steroid dienone is 1. The van der Waals surface area contributed by atoms with Crippen LogP contribution in [-0.2, 0) is 5.41 Å². The SMILES string of the molecule is Cc1ccsc1/C=C(\C#N)c1nc(C(C)(C)C)cs1. The van der Waals surface area contributed by atoms with Gasteiger partial charge in [-0.3, -0.25) is 0 Å². The first-order valence-electron chi connectivity index (χ1n) is 6.04. The Labute approximate surface area is 122 Å². The summed E-state index contributed by atoms with van der Waals surface area (Å²) in [5, 5.41) is 14.2. The second-order valence-corrected chi connectivity index (χ2v) is 7.23. The molecule has 0 saturated carbocycles. The maximum Gasteiger partial charge on any atom is 0.134 e. The molecule has 0 aromatic carbocycles. The van der Waals surface area contributed by atoms with E-state index >= 15 is 0 Å². The minimum absolute atomic E-state index is 0.0220. The van der Waals surface area contributed by atoms with Crippen molar-refractivity contribution >= 4 is 34.3 Å². The maximum absolute atomic E-state index is 9.33. The van der Waals surface area contributed by atoms with Crippen LogP contribution in [-0.4, -0.2) is 4.98 Å². The normalized spacial score (nSPS) is 12.5. The van der Waals surface area contributed by atoms with E-state index in [2.05, 4.69) is 44.8 Å². The molecule has 0 spiro atoms. The van der Waals surface area contributed by atoms with Gasteiger partial charge < -0.3 is 0 Å². The molecule has 0 unspecified atom stereocenters. The van der Waals surface area contributed by atoms with Crippen LogP contribution in [0.25, 0.3) is 11.6 Å². The average molecular weight is 288 g/mol. The van der Waals surface area contributed by atoms with E-state index in [1.54, 1.807) is 11.3 Å². The molecule has 0 radical (unpaired) electrons. The van der Waals surface area contributed by atoms with Gasteiger partial charge in [0.1, 0.15) is 11.1 Å². The molecule has 0 atom stereocenters. The molecule has 0 fully saturated rings. The molecule has 2 aromatic heterocycles. The fourth-order valence-electron chi connectivity index (χ4n) is 1.55. The summed E-state index contributed by atoms with van der Waals surface area (Å²) in [6.45, 7) is 8.45. The van der Waals surface area contributed by atoms with Crippen LogP contribution in [0.3, 0.4) is 0 Å². The summed E-state index contributed by atoms with van der Waals surface area (Å²) in [5.41, 5.74) is 2.90. The van der Waals surface area contributed by atoms with E-state index in [1.165, 1.54) is 16.9 Å². The summed E-state index contributed by atoms with van der Waals surface area (Å²) in [6, 6.07) is 4.33. The second kappa shape index (κ2) is 5.28. The van der Waals surface area contributed by atoms with Gasteiger partial charge in [-0.15, -0.1) is 22.7 Å². The molecule has 0 bridgehead atoms. The number of aromatic nitrogens is 1. The smallest absolute Gasteiger partial charge is 0.134 e. The van der Waals surface area contributed by atoms with Crippen molar-refractivity contribution in [2.75, 3.05) is 0 Å². The number of aryl methyl sites for hydroxylation is 1. The lowest BCUT2D eigenvalue weighted by Crippen LogP contribution is -2.11. The number of hydrogen-bond acceptors (Lipinski definition) is 4. The summed E-state index contributed by atoms with van der Waals surface area (Å²) in [7, 11) is 0. The van der Waals surface area contributed by atoms with E-state index in [0.29, 0.717) is 5.57 Å². The highest BCUT2D eigenvalue weighted by Gasteiger charge is 2.18. The van der Waals surface area contributed by atoms with Crippen LogP contribution < -0.4 is 0 Å². The molecule has 0 aliphatic rings. The first-order valence-corrected chi connectivity index (χ1v) is 7.80. The zero-order chi connectivity index (χ0) is 14.0. The summed E-state index contributed by atoms with van der Waals surface area (Å²) in [4.78, 5) is 5.72. The van der Waals surface area contributed by atoms with Gasteiger partial charge in [0, 0.05) is 15.7 Å². The fourth-order valence-corrected chi connectivity index (χ4v) is 3.42. The van der Waals surface area contributed by atoms with Crippen LogP contribution in [0.4, 0.5) is 0 Å². The third-order valence-electron chi connectivity index (χ3n) is 2.80. The molecule has 2 nitrogen and oxygen atoms in total. The molecule has 4 heteroatoms. The zero-order valence-electron chi connectivity index (χ0n) is 11.5. The minimum Gasteiger partial charge on any atom is -0.240 e. The third kappa shape index (κ3) is 3.12. The van der Waals surface area contributed by atoms with Crippen molar-refractivity contribution in [3.05, 3.63) is 38.0 Å². The minimum atomic E-state index is 0.0220. The largest absolute Gasteiger partial charge is 0.240 e. The van der Waals surface area contributed by atoms with Gasteiger partial charge in [-0.2, -0.15) is 5.26 Å². The number of rotatable bonds is 2. The predicted octanol–water partition coefficient (Wildman–Crippen LogP) is 4.87. The van der Waals surface area contributed by atoms with Crippen LogP contribution in [0.15, 0.2) is 16.8 Å². The predicted molar refractivity (Wildman–Crippen MR) is 83.4 cm³/mol. The molecule has 2 heterocycles. The van der Waals surface area contributed by atoms with Gasteiger partial charge >= 0.3 is 0 Å². The van der Waals surface area contributed by atoms with Crippen LogP contribution in [0, 0.1) is 18.3 Å². The Kier molecular flexibility index (Phi) is 3.88. The van der Waals surface area contributed by atoms with Crippen molar-refractivity contribution in [2.45, 2.75) is 33.1 Å². The van der Waals surface area contributed by atoms with Crippen LogP contribution in [0.2, 0.25) is 0 Å². The monoisotopic (exact) mass is 288 g/mol. The lowest BCUT2D eigenvalue weighted by Gasteiger charge is -2.14. The highest BCUT2D eigenvalue weighted by atomic mass is 32.1. The topological polar surface area (TPSA) is 36.7 Å².